The van der Waals surface area contributed by atoms with Gasteiger partial charge in [-0.3, -0.25) is 9.48 Å². The maximum Gasteiger partial charge on any atom is 0.339 e. The molecule has 4 rings (SSSR count). The summed E-state index contributed by atoms with van der Waals surface area (Å²) in [5, 5.41) is 8.69. The van der Waals surface area contributed by atoms with Gasteiger partial charge in [-0.1, -0.05) is 55.8 Å². The van der Waals surface area contributed by atoms with Gasteiger partial charge in [0.05, 0.1) is 23.3 Å². The van der Waals surface area contributed by atoms with Gasteiger partial charge in [0.1, 0.15) is 5.60 Å². The Morgan fingerprint density at radius 3 is 2.43 bits per heavy atom. The highest BCUT2D eigenvalue weighted by Crippen LogP contribution is 2.27. The number of benzene rings is 3. The van der Waals surface area contributed by atoms with Crippen molar-refractivity contribution in [2.24, 2.45) is 0 Å². The van der Waals surface area contributed by atoms with E-state index in [1.165, 1.54) is 0 Å². The molecule has 0 spiro atoms. The van der Waals surface area contributed by atoms with Crippen molar-refractivity contribution in [2.75, 3.05) is 6.54 Å². The van der Waals surface area contributed by atoms with Gasteiger partial charge in [0.15, 0.2) is 0 Å². The van der Waals surface area contributed by atoms with E-state index in [0.29, 0.717) is 24.2 Å². The standard InChI is InChI=1S/C31H35N3O3/c1-6-7-18-32-29(35)24-16-17-28-27(19-24)21(2)33-34(28)20-22-12-14-23(15-13-22)25-10-8-9-11-26(25)30(36)37-31(3,4)5/h8-17,19H,6-7,18,20H2,1-5H3,(H,32,35). The average molecular weight is 498 g/mol. The molecule has 1 N–H and O–H groups in total. The zero-order valence-electron chi connectivity index (χ0n) is 22.3. The topological polar surface area (TPSA) is 73.2 Å². The molecule has 0 radical (unpaired) electrons. The van der Waals surface area contributed by atoms with Crippen LogP contribution in [0.5, 0.6) is 0 Å². The molecule has 0 atom stereocenters. The molecular weight excluding hydrogens is 462 g/mol. The minimum absolute atomic E-state index is 0.0512. The summed E-state index contributed by atoms with van der Waals surface area (Å²) in [5.74, 6) is -0.381. The number of ether oxygens (including phenoxy) is 1. The van der Waals surface area contributed by atoms with E-state index in [1.807, 2.05) is 80.9 Å². The van der Waals surface area contributed by atoms with Crippen molar-refractivity contribution in [2.45, 2.75) is 59.6 Å². The molecule has 1 amide bonds. The van der Waals surface area contributed by atoms with Crippen LogP contribution in [0.25, 0.3) is 22.0 Å². The normalized spacial score (nSPS) is 11.5. The number of carbonyl (C=O) groups is 2. The maximum atomic E-state index is 12.8. The Labute approximate surface area is 218 Å². The van der Waals surface area contributed by atoms with E-state index in [4.69, 9.17) is 9.84 Å². The Hall–Kier alpha value is -3.93. The van der Waals surface area contributed by atoms with E-state index in [1.54, 1.807) is 6.07 Å². The Morgan fingerprint density at radius 2 is 1.73 bits per heavy atom. The third-order valence-electron chi connectivity index (χ3n) is 6.16. The van der Waals surface area contributed by atoms with Gasteiger partial charge >= 0.3 is 5.97 Å². The van der Waals surface area contributed by atoms with Crippen LogP contribution in [0, 0.1) is 6.92 Å². The highest BCUT2D eigenvalue weighted by atomic mass is 16.6. The lowest BCUT2D eigenvalue weighted by molar-refractivity contribution is 0.00703. The predicted molar refractivity (Wildman–Crippen MR) is 148 cm³/mol. The summed E-state index contributed by atoms with van der Waals surface area (Å²) in [6, 6.07) is 21.4. The molecule has 0 bridgehead atoms. The number of rotatable bonds is 8. The van der Waals surface area contributed by atoms with Crippen molar-refractivity contribution in [3.05, 3.63) is 89.1 Å². The van der Waals surface area contributed by atoms with E-state index in [2.05, 4.69) is 24.4 Å². The van der Waals surface area contributed by atoms with Crippen LogP contribution in [0.3, 0.4) is 0 Å². The lowest BCUT2D eigenvalue weighted by Gasteiger charge is -2.20. The van der Waals surface area contributed by atoms with Crippen molar-refractivity contribution in [1.82, 2.24) is 15.1 Å². The zero-order valence-corrected chi connectivity index (χ0v) is 22.3. The molecule has 4 aromatic rings. The van der Waals surface area contributed by atoms with E-state index >= 15 is 0 Å². The third-order valence-corrected chi connectivity index (χ3v) is 6.16. The lowest BCUT2D eigenvalue weighted by atomic mass is 9.98. The van der Waals surface area contributed by atoms with E-state index in [0.717, 1.165) is 46.1 Å². The van der Waals surface area contributed by atoms with Crippen LogP contribution >= 0.6 is 0 Å². The fourth-order valence-electron chi connectivity index (χ4n) is 4.29. The molecular formula is C31H35N3O3. The second-order valence-electron chi connectivity index (χ2n) is 10.3. The first kappa shape index (κ1) is 26.1. The Bertz CT molecular complexity index is 1410. The quantitative estimate of drug-likeness (QED) is 0.221. The fourth-order valence-corrected chi connectivity index (χ4v) is 4.29. The highest BCUT2D eigenvalue weighted by Gasteiger charge is 2.20. The second kappa shape index (κ2) is 11.0. The van der Waals surface area contributed by atoms with Crippen LogP contribution in [0.1, 0.15) is 72.5 Å². The van der Waals surface area contributed by atoms with Gasteiger partial charge in [0.25, 0.3) is 5.91 Å². The number of hydrogen-bond donors (Lipinski definition) is 1. The number of hydrogen-bond acceptors (Lipinski definition) is 4. The molecule has 1 heterocycles. The maximum absolute atomic E-state index is 12.8. The molecule has 0 aliphatic heterocycles. The zero-order chi connectivity index (χ0) is 26.6. The van der Waals surface area contributed by atoms with Gasteiger partial charge in [-0.15, -0.1) is 0 Å². The minimum atomic E-state index is -0.557. The molecule has 6 nitrogen and oxygen atoms in total. The fraction of sp³-hybridized carbons (Fsp3) is 0.323. The monoisotopic (exact) mass is 497 g/mol. The van der Waals surface area contributed by atoms with Crippen molar-refractivity contribution in [3.63, 3.8) is 0 Å². The summed E-state index contributed by atoms with van der Waals surface area (Å²) < 4.78 is 7.57. The van der Waals surface area contributed by atoms with E-state index in [-0.39, 0.29) is 11.9 Å². The molecule has 0 fully saturated rings. The van der Waals surface area contributed by atoms with Gasteiger partial charge in [-0.2, -0.15) is 5.10 Å². The van der Waals surface area contributed by atoms with Gasteiger partial charge in [0, 0.05) is 17.5 Å². The van der Waals surface area contributed by atoms with Crippen LogP contribution in [-0.2, 0) is 11.3 Å². The van der Waals surface area contributed by atoms with Gasteiger partial charge in [-0.25, -0.2) is 4.79 Å². The highest BCUT2D eigenvalue weighted by molar-refractivity contribution is 5.99. The third kappa shape index (κ3) is 6.26. The minimum Gasteiger partial charge on any atom is -0.456 e. The van der Waals surface area contributed by atoms with Crippen molar-refractivity contribution < 1.29 is 14.3 Å². The first-order valence-corrected chi connectivity index (χ1v) is 12.8. The van der Waals surface area contributed by atoms with Crippen molar-refractivity contribution in [3.8, 4) is 11.1 Å². The first-order chi connectivity index (χ1) is 17.7. The Morgan fingerprint density at radius 1 is 1.00 bits per heavy atom. The van der Waals surface area contributed by atoms with E-state index < -0.39 is 5.60 Å². The van der Waals surface area contributed by atoms with Crippen molar-refractivity contribution in [1.29, 1.82) is 0 Å². The molecule has 0 aliphatic rings. The molecule has 0 saturated carbocycles. The number of esters is 1. The number of unbranched alkanes of at least 4 members (excludes halogenated alkanes) is 1. The number of nitrogens with one attached hydrogen (secondary N) is 1. The largest absolute Gasteiger partial charge is 0.456 e. The molecule has 6 heteroatoms. The lowest BCUT2D eigenvalue weighted by Crippen LogP contribution is -2.24. The smallest absolute Gasteiger partial charge is 0.339 e. The summed E-state index contributed by atoms with van der Waals surface area (Å²) in [6.45, 7) is 11.0. The number of nitrogens with zero attached hydrogens (tertiary/aromatic N) is 2. The van der Waals surface area contributed by atoms with Crippen LogP contribution in [0.4, 0.5) is 0 Å². The Balaban J connectivity index is 1.54. The van der Waals surface area contributed by atoms with Gasteiger partial charge < -0.3 is 10.1 Å². The number of aryl methyl sites for hydroxylation is 1. The molecule has 3 aromatic carbocycles. The Kier molecular flexibility index (Phi) is 7.77. The van der Waals surface area contributed by atoms with Crippen molar-refractivity contribution >= 4 is 22.8 Å². The summed E-state index contributed by atoms with van der Waals surface area (Å²) >= 11 is 0. The molecule has 0 saturated heterocycles. The van der Waals surface area contributed by atoms with Gasteiger partial charge in [-0.05, 0) is 75.1 Å². The summed E-state index contributed by atoms with van der Waals surface area (Å²) in [6.07, 6.45) is 2.01. The van der Waals surface area contributed by atoms with Crippen LogP contribution in [0.15, 0.2) is 66.7 Å². The molecule has 0 aliphatic carbocycles. The predicted octanol–water partition coefficient (Wildman–Crippen LogP) is 6.55. The van der Waals surface area contributed by atoms with Gasteiger partial charge in [0.2, 0.25) is 0 Å². The molecule has 1 aromatic heterocycles. The number of fused-ring (bicyclic) bond motifs is 1. The second-order valence-corrected chi connectivity index (χ2v) is 10.3. The summed E-state index contributed by atoms with van der Waals surface area (Å²) in [5.41, 5.74) is 5.40. The first-order valence-electron chi connectivity index (χ1n) is 12.8. The molecule has 192 valence electrons. The SMILES string of the molecule is CCCCNC(=O)c1ccc2c(c1)c(C)nn2Cc1ccc(-c2ccccc2C(=O)OC(C)(C)C)cc1. The van der Waals surface area contributed by atoms with E-state index in [9.17, 15) is 9.59 Å². The molecule has 0 unspecified atom stereocenters. The number of aromatic nitrogens is 2. The average Bonchev–Trinajstić information content (AvgIpc) is 3.18. The molecule has 37 heavy (non-hydrogen) atoms. The number of amides is 1. The summed E-state index contributed by atoms with van der Waals surface area (Å²) in [4.78, 5) is 25.3. The number of carbonyl (C=O) groups excluding carboxylic acids is 2. The summed E-state index contributed by atoms with van der Waals surface area (Å²) in [7, 11) is 0. The van der Waals surface area contributed by atoms with Crippen LogP contribution in [-0.4, -0.2) is 33.8 Å². The van der Waals surface area contributed by atoms with Crippen LogP contribution in [0.2, 0.25) is 0 Å². The van der Waals surface area contributed by atoms with Crippen LogP contribution < -0.4 is 5.32 Å².